The summed E-state index contributed by atoms with van der Waals surface area (Å²) < 4.78 is 1.02. The molecule has 0 saturated carbocycles. The zero-order valence-corrected chi connectivity index (χ0v) is 14.1. The molecule has 0 amide bonds. The van der Waals surface area contributed by atoms with Gasteiger partial charge in [-0.1, -0.05) is 39.0 Å². The number of benzene rings is 1. The van der Waals surface area contributed by atoms with Crippen molar-refractivity contribution in [2.75, 3.05) is 6.54 Å². The number of hydrogen-bond acceptors (Lipinski definition) is 2. The molecule has 0 radical (unpaired) electrons. The van der Waals surface area contributed by atoms with E-state index in [1.165, 1.54) is 11.1 Å². The van der Waals surface area contributed by atoms with Gasteiger partial charge in [0, 0.05) is 12.0 Å². The smallest absolute Gasteiger partial charge is 0.107 e. The number of nitrogens with zero attached hydrogens (tertiary/aromatic N) is 1. The first kappa shape index (κ1) is 15.3. The molecule has 1 heterocycles. The maximum absolute atomic E-state index is 5.61. The second-order valence-corrected chi connectivity index (χ2v) is 6.98. The van der Waals surface area contributed by atoms with Crippen molar-refractivity contribution in [2.45, 2.75) is 39.5 Å². The van der Waals surface area contributed by atoms with Gasteiger partial charge in [0.15, 0.2) is 0 Å². The third-order valence-corrected chi connectivity index (χ3v) is 4.37. The van der Waals surface area contributed by atoms with Gasteiger partial charge in [0.05, 0.1) is 10.2 Å². The van der Waals surface area contributed by atoms with Gasteiger partial charge in [0.2, 0.25) is 0 Å². The van der Waals surface area contributed by atoms with Crippen LogP contribution < -0.4 is 5.73 Å². The number of nitrogens with two attached hydrogens (primary N) is 1. The normalized spacial score (nSPS) is 11.9. The lowest BCUT2D eigenvalue weighted by Crippen LogP contribution is -2.11. The number of halogens is 1. The molecule has 0 aliphatic carbocycles. The summed E-state index contributed by atoms with van der Waals surface area (Å²) in [6.45, 7) is 9.43. The molecule has 0 aliphatic rings. The summed E-state index contributed by atoms with van der Waals surface area (Å²) in [4.78, 5) is 0. The molecule has 0 atom stereocenters. The Balaban J connectivity index is 2.44. The van der Waals surface area contributed by atoms with Gasteiger partial charge < -0.3 is 5.73 Å². The molecule has 2 rings (SSSR count). The monoisotopic (exact) mass is 335 g/mol. The fourth-order valence-corrected chi connectivity index (χ4v) is 2.84. The van der Waals surface area contributed by atoms with Crippen molar-refractivity contribution in [2.24, 2.45) is 5.73 Å². The molecular formula is C16H22BrN3. The van der Waals surface area contributed by atoms with Crippen LogP contribution in [0.1, 0.15) is 37.6 Å². The van der Waals surface area contributed by atoms with Gasteiger partial charge >= 0.3 is 0 Å². The van der Waals surface area contributed by atoms with Crippen LogP contribution in [0.25, 0.3) is 11.3 Å². The molecule has 3 nitrogen and oxygen atoms in total. The van der Waals surface area contributed by atoms with Crippen LogP contribution in [0.15, 0.2) is 22.7 Å². The highest BCUT2D eigenvalue weighted by atomic mass is 79.9. The Morgan fingerprint density at radius 1 is 1.30 bits per heavy atom. The van der Waals surface area contributed by atoms with Crippen molar-refractivity contribution < 1.29 is 0 Å². The van der Waals surface area contributed by atoms with Crippen molar-refractivity contribution in [1.29, 1.82) is 0 Å². The van der Waals surface area contributed by atoms with Crippen LogP contribution in [0.3, 0.4) is 0 Å². The maximum Gasteiger partial charge on any atom is 0.107 e. The predicted octanol–water partition coefficient (Wildman–Crippen LogP) is 3.95. The average Bonchev–Trinajstić information content (AvgIpc) is 2.71. The number of hydrogen-bond donors (Lipinski definition) is 2. The largest absolute Gasteiger partial charge is 0.330 e. The van der Waals surface area contributed by atoms with Crippen molar-refractivity contribution >= 4 is 15.9 Å². The molecule has 2 aromatic rings. The summed E-state index contributed by atoms with van der Waals surface area (Å²) in [6.07, 6.45) is 0.798. The molecule has 3 N–H and O–H groups in total. The minimum absolute atomic E-state index is 0.163. The van der Waals surface area contributed by atoms with Gasteiger partial charge in [-0.25, -0.2) is 0 Å². The minimum Gasteiger partial charge on any atom is -0.330 e. The van der Waals surface area contributed by atoms with Gasteiger partial charge in [-0.15, -0.1) is 0 Å². The van der Waals surface area contributed by atoms with Crippen LogP contribution in [0.4, 0.5) is 0 Å². The van der Waals surface area contributed by atoms with Crippen LogP contribution in [-0.2, 0) is 11.8 Å². The summed E-state index contributed by atoms with van der Waals surface area (Å²) in [7, 11) is 0. The zero-order chi connectivity index (χ0) is 14.9. The fraction of sp³-hybridized carbons (Fsp3) is 0.438. The fourth-order valence-electron chi connectivity index (χ4n) is 2.25. The molecule has 108 valence electrons. The summed E-state index contributed by atoms with van der Waals surface area (Å²) in [5, 5.41) is 7.50. The van der Waals surface area contributed by atoms with Gasteiger partial charge in [0.25, 0.3) is 0 Å². The molecule has 0 aliphatic heterocycles. The molecule has 20 heavy (non-hydrogen) atoms. The van der Waals surface area contributed by atoms with E-state index in [0.717, 1.165) is 27.8 Å². The Bertz CT molecular complexity index is 609. The first-order valence-corrected chi connectivity index (χ1v) is 7.68. The second kappa shape index (κ2) is 5.70. The average molecular weight is 336 g/mol. The summed E-state index contributed by atoms with van der Waals surface area (Å²) >= 11 is 3.63. The third kappa shape index (κ3) is 2.96. The van der Waals surface area contributed by atoms with E-state index in [4.69, 9.17) is 5.73 Å². The third-order valence-electron chi connectivity index (χ3n) is 3.52. The number of nitrogens with one attached hydrogen (secondary N) is 1. The van der Waals surface area contributed by atoms with Crippen LogP contribution in [0.2, 0.25) is 0 Å². The van der Waals surface area contributed by atoms with E-state index in [0.29, 0.717) is 6.54 Å². The Morgan fingerprint density at radius 2 is 2.00 bits per heavy atom. The highest BCUT2D eigenvalue weighted by Crippen LogP contribution is 2.33. The van der Waals surface area contributed by atoms with Crippen LogP contribution in [0.5, 0.6) is 0 Å². The Labute approximate surface area is 129 Å². The van der Waals surface area contributed by atoms with E-state index in [2.05, 4.69) is 72.0 Å². The van der Waals surface area contributed by atoms with E-state index >= 15 is 0 Å². The highest BCUT2D eigenvalue weighted by molar-refractivity contribution is 9.10. The SMILES string of the molecule is Cc1cc(C(C)(C)C)ccc1-c1n[nH]c(CCN)c1Br. The highest BCUT2D eigenvalue weighted by Gasteiger charge is 2.17. The lowest BCUT2D eigenvalue weighted by molar-refractivity contribution is 0.590. The molecule has 0 bridgehead atoms. The molecule has 1 aromatic heterocycles. The van der Waals surface area contributed by atoms with Gasteiger partial charge in [-0.3, -0.25) is 5.10 Å². The van der Waals surface area contributed by atoms with Crippen molar-refractivity contribution in [3.63, 3.8) is 0 Å². The Kier molecular flexibility index (Phi) is 4.35. The minimum atomic E-state index is 0.163. The van der Waals surface area contributed by atoms with Crippen LogP contribution in [-0.4, -0.2) is 16.7 Å². The van der Waals surface area contributed by atoms with Gasteiger partial charge in [-0.05, 0) is 45.9 Å². The van der Waals surface area contributed by atoms with E-state index in [1.807, 2.05) is 0 Å². The van der Waals surface area contributed by atoms with Crippen LogP contribution in [0, 0.1) is 6.92 Å². The number of rotatable bonds is 3. The molecule has 4 heteroatoms. The first-order valence-electron chi connectivity index (χ1n) is 6.89. The van der Waals surface area contributed by atoms with Gasteiger partial charge in [-0.2, -0.15) is 5.10 Å². The van der Waals surface area contributed by atoms with E-state index < -0.39 is 0 Å². The standard InChI is InChI=1S/C16H22BrN3/c1-10-9-11(16(2,3)4)5-6-12(10)15-14(17)13(7-8-18)19-20-15/h5-6,9H,7-8,18H2,1-4H3,(H,19,20). The predicted molar refractivity (Wildman–Crippen MR) is 87.9 cm³/mol. The maximum atomic E-state index is 5.61. The Morgan fingerprint density at radius 3 is 2.55 bits per heavy atom. The van der Waals surface area contributed by atoms with E-state index in [1.54, 1.807) is 0 Å². The number of aromatic amines is 1. The van der Waals surface area contributed by atoms with Crippen molar-refractivity contribution in [1.82, 2.24) is 10.2 Å². The molecule has 0 fully saturated rings. The molecule has 0 unspecified atom stereocenters. The van der Waals surface area contributed by atoms with Crippen molar-refractivity contribution in [3.05, 3.63) is 39.5 Å². The number of H-pyrrole nitrogens is 1. The lowest BCUT2D eigenvalue weighted by atomic mass is 9.85. The molecule has 1 aromatic carbocycles. The summed E-state index contributed by atoms with van der Waals surface area (Å²) in [5.41, 5.74) is 11.5. The molecule has 0 saturated heterocycles. The topological polar surface area (TPSA) is 54.7 Å². The first-order chi connectivity index (χ1) is 9.34. The molecular weight excluding hydrogens is 314 g/mol. The molecule has 0 spiro atoms. The number of aromatic nitrogens is 2. The van der Waals surface area contributed by atoms with Gasteiger partial charge in [0.1, 0.15) is 5.69 Å². The van der Waals surface area contributed by atoms with Crippen LogP contribution >= 0.6 is 15.9 Å². The van der Waals surface area contributed by atoms with E-state index in [-0.39, 0.29) is 5.41 Å². The lowest BCUT2D eigenvalue weighted by Gasteiger charge is -2.20. The number of aryl methyl sites for hydroxylation is 1. The summed E-state index contributed by atoms with van der Waals surface area (Å²) in [6, 6.07) is 6.59. The van der Waals surface area contributed by atoms with Crippen molar-refractivity contribution in [3.8, 4) is 11.3 Å². The van der Waals surface area contributed by atoms with E-state index in [9.17, 15) is 0 Å². The zero-order valence-electron chi connectivity index (χ0n) is 12.5. The summed E-state index contributed by atoms with van der Waals surface area (Å²) in [5.74, 6) is 0. The second-order valence-electron chi connectivity index (χ2n) is 6.18. The Hall–Kier alpha value is -1.13. The quantitative estimate of drug-likeness (QED) is 0.892.